The highest BCUT2D eigenvalue weighted by Crippen LogP contribution is 2.37. The molecule has 4 aromatic carbocycles. The van der Waals surface area contributed by atoms with Crippen LogP contribution in [0, 0.1) is 11.6 Å². The number of hydrogen-bond donors (Lipinski definition) is 1. The smallest absolute Gasteiger partial charge is 0.442 e. The van der Waals surface area contributed by atoms with E-state index in [9.17, 15) is 23.2 Å². The highest BCUT2D eigenvalue weighted by molar-refractivity contribution is 9.10. The number of H-pyrrole nitrogens is 1. The van der Waals surface area contributed by atoms with Gasteiger partial charge in [0.25, 0.3) is 0 Å². The van der Waals surface area contributed by atoms with Gasteiger partial charge >= 0.3 is 13.2 Å². The zero-order valence-electron chi connectivity index (χ0n) is 42.6. The Morgan fingerprint density at radius 3 is 1.70 bits per heavy atom. The summed E-state index contributed by atoms with van der Waals surface area (Å²) in [6.45, 7) is 19.4. The van der Waals surface area contributed by atoms with Crippen molar-refractivity contribution in [3.63, 3.8) is 0 Å². The number of Topliss-reactive ketones (excluding diaryl/α,β-unsaturated/α-hetero) is 2. The molecule has 0 radical (unpaired) electrons. The largest absolute Gasteiger partial charge is 0.498 e. The van der Waals surface area contributed by atoms with Crippen molar-refractivity contribution in [2.75, 3.05) is 26.4 Å². The predicted octanol–water partition coefficient (Wildman–Crippen LogP) is 11.6. The molecule has 2 aromatic heterocycles. The van der Waals surface area contributed by atoms with Gasteiger partial charge in [-0.1, -0.05) is 72.2 Å². The van der Waals surface area contributed by atoms with E-state index < -0.39 is 42.6 Å². The van der Waals surface area contributed by atoms with Crippen LogP contribution in [0.2, 0.25) is 0 Å². The summed E-state index contributed by atoms with van der Waals surface area (Å²) >= 11 is 3.48. The maximum atomic E-state index is 13.1. The summed E-state index contributed by atoms with van der Waals surface area (Å²) < 4.78 is 67.6. The maximum Gasteiger partial charge on any atom is 0.498 e. The summed E-state index contributed by atoms with van der Waals surface area (Å²) in [4.78, 5) is 37.4. The van der Waals surface area contributed by atoms with Crippen LogP contribution in [0.1, 0.15) is 143 Å². The standard InChI is InChI=1S/C22H21FN2O3.C19H18BrFO3.C14H23BN2O4/c1-14(15-2-5-18(23)6-3-15)10-21(26)16-4-7-19(17-12-24-25-13-17)20(11-16)22-27-8-9-28-22;1-12(13-2-5-15(21)6-3-13)10-18(22)14-4-7-17(20)16(11-14)19-23-8-9-24-19;1-12(2,3)19-11(18)17-9-10(8-16-17)15-20-13(4,5)14(6,7)21-15/h2-7,11-14,22H,8-10H2,1H3,(H,24,25);2-7,11-12,19H,8-10H2,1H3;8-9H,1-7H3/t14-;12-;/m00./s1. The number of carbonyl (C=O) groups excluding carboxylic acids is 3. The Morgan fingerprint density at radius 1 is 0.740 bits per heavy atom. The van der Waals surface area contributed by atoms with Crippen molar-refractivity contribution in [1.82, 2.24) is 20.0 Å². The number of halogens is 3. The number of ketones is 2. The molecule has 386 valence electrons. The Morgan fingerprint density at radius 2 is 1.22 bits per heavy atom. The van der Waals surface area contributed by atoms with E-state index in [-0.39, 0.29) is 35.0 Å². The van der Waals surface area contributed by atoms with Crippen LogP contribution in [0.4, 0.5) is 13.6 Å². The minimum Gasteiger partial charge on any atom is -0.442 e. The second-order valence-electron chi connectivity index (χ2n) is 20.1. The lowest BCUT2D eigenvalue weighted by Crippen LogP contribution is -2.41. The number of ether oxygens (including phenoxy) is 5. The second kappa shape index (κ2) is 23.6. The fourth-order valence-corrected chi connectivity index (χ4v) is 8.46. The normalized spacial score (nSPS) is 17.3. The molecule has 2 atom stereocenters. The zero-order valence-corrected chi connectivity index (χ0v) is 44.2. The summed E-state index contributed by atoms with van der Waals surface area (Å²) in [6.07, 6.45) is 5.92. The predicted molar refractivity (Wildman–Crippen MR) is 275 cm³/mol. The summed E-state index contributed by atoms with van der Waals surface area (Å²) in [7, 11) is -0.536. The van der Waals surface area contributed by atoms with Crippen molar-refractivity contribution in [3.8, 4) is 11.1 Å². The minimum absolute atomic E-state index is 0.0101. The Balaban J connectivity index is 0.000000162. The van der Waals surface area contributed by atoms with Crippen LogP contribution in [-0.2, 0) is 33.0 Å². The Kier molecular flexibility index (Phi) is 17.8. The lowest BCUT2D eigenvalue weighted by Gasteiger charge is -2.32. The first-order valence-corrected chi connectivity index (χ1v) is 25.0. The van der Waals surface area contributed by atoms with Crippen LogP contribution in [0.5, 0.6) is 0 Å². The molecule has 0 aliphatic carbocycles. The molecule has 0 saturated carbocycles. The SMILES string of the molecule is CC(C)(C)OC(=O)n1cc(B2OC(C)(C)C(C)(C)O2)cn1.C[C@@H](CC(=O)c1ccc(-c2cn[nH]c2)c(C2OCCO2)c1)c1ccc(F)cc1.C[C@@H](CC(=O)c1ccc(Br)c(C2OCCO2)c1)c1ccc(F)cc1. The molecule has 3 aliphatic heterocycles. The molecule has 6 aromatic rings. The molecule has 0 bridgehead atoms. The quantitative estimate of drug-likeness (QED) is 0.0913. The highest BCUT2D eigenvalue weighted by Gasteiger charge is 2.52. The van der Waals surface area contributed by atoms with Gasteiger partial charge in [0.05, 0.1) is 43.8 Å². The number of rotatable bonds is 12. The van der Waals surface area contributed by atoms with Gasteiger partial charge in [-0.15, -0.1) is 0 Å². The lowest BCUT2D eigenvalue weighted by molar-refractivity contribution is -0.0447. The van der Waals surface area contributed by atoms with Crippen LogP contribution in [-0.4, -0.2) is 88.0 Å². The van der Waals surface area contributed by atoms with Crippen LogP contribution < -0.4 is 5.46 Å². The molecule has 0 spiro atoms. The third kappa shape index (κ3) is 14.3. The number of nitrogens with one attached hydrogen (secondary N) is 1. The topological polar surface area (TPSA) is 162 Å². The van der Waals surface area contributed by atoms with Gasteiger partial charge in [-0.3, -0.25) is 14.7 Å². The molecule has 1 N–H and O–H groups in total. The van der Waals surface area contributed by atoms with Crippen molar-refractivity contribution >= 4 is 46.2 Å². The molecule has 0 unspecified atom stereocenters. The van der Waals surface area contributed by atoms with Gasteiger partial charge in [0.2, 0.25) is 0 Å². The van der Waals surface area contributed by atoms with Crippen molar-refractivity contribution in [2.45, 2.75) is 116 Å². The monoisotopic (exact) mass is 1070 g/mol. The first-order chi connectivity index (χ1) is 34.6. The Hall–Kier alpha value is -5.73. The van der Waals surface area contributed by atoms with E-state index in [2.05, 4.69) is 31.2 Å². The Labute approximate surface area is 433 Å². The van der Waals surface area contributed by atoms with Gasteiger partial charge in [0.1, 0.15) is 17.2 Å². The molecule has 9 rings (SSSR count). The number of nitrogens with zero attached hydrogens (tertiary/aromatic N) is 3. The molecular weight excluding hydrogens is 1010 g/mol. The fourth-order valence-electron chi connectivity index (χ4n) is 8.02. The van der Waals surface area contributed by atoms with E-state index in [0.29, 0.717) is 55.9 Å². The van der Waals surface area contributed by atoms with Crippen LogP contribution >= 0.6 is 15.9 Å². The third-order valence-corrected chi connectivity index (χ3v) is 13.5. The number of aromatic amines is 1. The zero-order chi connectivity index (χ0) is 52.7. The van der Waals surface area contributed by atoms with Gasteiger partial charge in [0.15, 0.2) is 24.1 Å². The lowest BCUT2D eigenvalue weighted by atomic mass is 9.82. The van der Waals surface area contributed by atoms with Gasteiger partial charge in [-0.25, -0.2) is 13.6 Å². The number of carbonyl (C=O) groups is 3. The maximum absolute atomic E-state index is 13.1. The average Bonchev–Trinajstić information content (AvgIpc) is 4.21. The molecule has 3 saturated heterocycles. The number of aromatic nitrogens is 4. The fraction of sp³-hybridized carbons (Fsp3) is 0.400. The molecule has 18 heteroatoms. The molecular formula is C55H62BBrF2N4O10. The van der Waals surface area contributed by atoms with E-state index in [1.807, 2.05) is 92.6 Å². The van der Waals surface area contributed by atoms with E-state index in [4.69, 9.17) is 33.0 Å². The van der Waals surface area contributed by atoms with E-state index in [1.54, 1.807) is 55.1 Å². The molecule has 5 heterocycles. The van der Waals surface area contributed by atoms with Gasteiger partial charge < -0.3 is 33.0 Å². The average molecular weight is 1070 g/mol. The van der Waals surface area contributed by atoms with E-state index >= 15 is 0 Å². The highest BCUT2D eigenvalue weighted by atomic mass is 79.9. The number of hydrogen-bond acceptors (Lipinski definition) is 12. The van der Waals surface area contributed by atoms with Crippen molar-refractivity contribution in [3.05, 3.63) is 159 Å². The molecule has 3 fully saturated rings. The Bertz CT molecular complexity index is 2810. The first kappa shape index (κ1) is 55.0. The second-order valence-corrected chi connectivity index (χ2v) is 21.0. The molecule has 73 heavy (non-hydrogen) atoms. The van der Waals surface area contributed by atoms with Crippen LogP contribution in [0.25, 0.3) is 11.1 Å². The molecule has 3 aliphatic rings. The third-order valence-electron chi connectivity index (χ3n) is 12.8. The van der Waals surface area contributed by atoms with Crippen LogP contribution in [0.3, 0.4) is 0 Å². The summed E-state index contributed by atoms with van der Waals surface area (Å²) in [6, 6.07) is 23.6. The van der Waals surface area contributed by atoms with E-state index in [0.717, 1.165) is 42.5 Å². The van der Waals surface area contributed by atoms with Crippen molar-refractivity contribution < 1.29 is 56.2 Å². The van der Waals surface area contributed by atoms with Crippen LogP contribution in [0.15, 0.2) is 114 Å². The molecule has 0 amide bonds. The van der Waals surface area contributed by atoms with E-state index in [1.165, 1.54) is 24.3 Å². The molecule has 14 nitrogen and oxygen atoms in total. The minimum atomic E-state index is -0.562. The number of benzene rings is 4. The first-order valence-electron chi connectivity index (χ1n) is 24.2. The van der Waals surface area contributed by atoms with Gasteiger partial charge in [0, 0.05) is 69.2 Å². The summed E-state index contributed by atoms with van der Waals surface area (Å²) in [5, 5.41) is 10.8. The van der Waals surface area contributed by atoms with Gasteiger partial charge in [-0.05, 0) is 119 Å². The summed E-state index contributed by atoms with van der Waals surface area (Å²) in [5.41, 5.74) is 5.88. The van der Waals surface area contributed by atoms with Crippen molar-refractivity contribution in [1.29, 1.82) is 0 Å². The summed E-state index contributed by atoms with van der Waals surface area (Å²) in [5.74, 6) is -0.480. The van der Waals surface area contributed by atoms with Gasteiger partial charge in [-0.2, -0.15) is 14.9 Å². The van der Waals surface area contributed by atoms with Crippen molar-refractivity contribution in [2.24, 2.45) is 0 Å².